The fraction of sp³-hybridized carbons (Fsp3) is 0.200. The minimum Gasteiger partial charge on any atom is -0.475 e. The fourth-order valence-electron chi connectivity index (χ4n) is 1.46. The van der Waals surface area contributed by atoms with Gasteiger partial charge in [-0.1, -0.05) is 0 Å². The Morgan fingerprint density at radius 3 is 3.00 bits per heavy atom. The molecule has 84 valence electrons. The van der Waals surface area contributed by atoms with Crippen LogP contribution in [0.4, 0.5) is 0 Å². The second kappa shape index (κ2) is 4.02. The van der Waals surface area contributed by atoms with Gasteiger partial charge in [0, 0.05) is 18.8 Å². The van der Waals surface area contributed by atoms with Gasteiger partial charge in [-0.15, -0.1) is 0 Å². The average molecular weight is 241 g/mol. The highest BCUT2D eigenvalue weighted by Crippen LogP contribution is 2.31. The Labute approximate surface area is 96.2 Å². The van der Waals surface area contributed by atoms with Crippen LogP contribution in [0.25, 0.3) is 11.3 Å². The number of hydrogen-bond acceptors (Lipinski definition) is 3. The lowest BCUT2D eigenvalue weighted by atomic mass is 10.2. The van der Waals surface area contributed by atoms with E-state index in [-0.39, 0.29) is 11.0 Å². The molecule has 16 heavy (non-hydrogen) atoms. The topological polar surface area (TPSA) is 68.3 Å². The highest BCUT2D eigenvalue weighted by Gasteiger charge is 2.17. The lowest BCUT2D eigenvalue weighted by molar-refractivity contribution is 0.0662. The van der Waals surface area contributed by atoms with Gasteiger partial charge in [0.05, 0.1) is 11.3 Å². The summed E-state index contributed by atoms with van der Waals surface area (Å²) in [5.74, 6) is -1.32. The third-order valence-electron chi connectivity index (χ3n) is 2.19. The first-order chi connectivity index (χ1) is 7.63. The highest BCUT2D eigenvalue weighted by atomic mass is 35.5. The van der Waals surface area contributed by atoms with E-state index < -0.39 is 5.97 Å². The number of carboxylic acid groups (broad SMARTS) is 1. The number of aromatic carboxylic acids is 1. The van der Waals surface area contributed by atoms with Gasteiger partial charge in [-0.05, 0) is 24.6 Å². The van der Waals surface area contributed by atoms with E-state index in [9.17, 15) is 4.79 Å². The summed E-state index contributed by atoms with van der Waals surface area (Å²) in [6.45, 7) is 2.61. The number of hydrogen-bond donors (Lipinski definition) is 1. The summed E-state index contributed by atoms with van der Waals surface area (Å²) in [5, 5.41) is 12.9. The van der Waals surface area contributed by atoms with E-state index in [0.29, 0.717) is 12.1 Å². The molecule has 2 rings (SSSR count). The number of carboxylic acids is 1. The summed E-state index contributed by atoms with van der Waals surface area (Å²) in [7, 11) is 0. The molecule has 2 aromatic rings. The van der Waals surface area contributed by atoms with Gasteiger partial charge in [0.1, 0.15) is 0 Å². The lowest BCUT2D eigenvalue weighted by Gasteiger charge is -2.01. The van der Waals surface area contributed by atoms with Gasteiger partial charge in [0.2, 0.25) is 11.0 Å². The Kier molecular flexibility index (Phi) is 2.70. The molecule has 0 radical (unpaired) electrons. The standard InChI is InChI=1S/C10H9ClN2O3/c1-2-13-7(3-4-12-13)6-5-8(10(14)15)16-9(6)11/h3-5H,2H2,1H3,(H,14,15). The maximum absolute atomic E-state index is 10.7. The van der Waals surface area contributed by atoms with E-state index in [1.54, 1.807) is 16.9 Å². The van der Waals surface area contributed by atoms with Crippen molar-refractivity contribution in [3.8, 4) is 11.3 Å². The van der Waals surface area contributed by atoms with Gasteiger partial charge < -0.3 is 9.52 Å². The first kappa shape index (κ1) is 10.8. The van der Waals surface area contributed by atoms with Crippen LogP contribution in [0.1, 0.15) is 17.5 Å². The van der Waals surface area contributed by atoms with Crippen molar-refractivity contribution in [3.63, 3.8) is 0 Å². The van der Waals surface area contributed by atoms with Crippen LogP contribution in [-0.2, 0) is 6.54 Å². The zero-order valence-electron chi connectivity index (χ0n) is 8.48. The van der Waals surface area contributed by atoms with Crippen molar-refractivity contribution in [2.45, 2.75) is 13.5 Å². The van der Waals surface area contributed by atoms with Crippen LogP contribution in [-0.4, -0.2) is 20.9 Å². The fourth-order valence-corrected chi connectivity index (χ4v) is 1.70. The summed E-state index contributed by atoms with van der Waals surface area (Å²) in [6.07, 6.45) is 1.63. The second-order valence-corrected chi connectivity index (χ2v) is 3.48. The number of aromatic nitrogens is 2. The molecule has 6 heteroatoms. The predicted molar refractivity (Wildman–Crippen MR) is 57.6 cm³/mol. The van der Waals surface area contributed by atoms with Gasteiger partial charge >= 0.3 is 5.97 Å². The molecule has 0 aliphatic heterocycles. The van der Waals surface area contributed by atoms with Crippen molar-refractivity contribution >= 4 is 17.6 Å². The molecule has 0 unspecified atom stereocenters. The van der Waals surface area contributed by atoms with Crippen molar-refractivity contribution in [2.75, 3.05) is 0 Å². The molecule has 0 aliphatic rings. The average Bonchev–Trinajstić information content (AvgIpc) is 2.82. The second-order valence-electron chi connectivity index (χ2n) is 3.14. The summed E-state index contributed by atoms with van der Waals surface area (Å²) >= 11 is 5.84. The Bertz CT molecular complexity index is 530. The van der Waals surface area contributed by atoms with Gasteiger partial charge in [-0.25, -0.2) is 4.79 Å². The minimum absolute atomic E-state index is 0.0626. The normalized spacial score (nSPS) is 10.6. The van der Waals surface area contributed by atoms with Crippen LogP contribution in [0, 0.1) is 0 Å². The molecule has 5 nitrogen and oxygen atoms in total. The molecule has 0 spiro atoms. The van der Waals surface area contributed by atoms with Crippen LogP contribution >= 0.6 is 11.6 Å². The summed E-state index contributed by atoms with van der Waals surface area (Å²) in [6, 6.07) is 3.15. The predicted octanol–water partition coefficient (Wildman–Crippen LogP) is 2.51. The largest absolute Gasteiger partial charge is 0.475 e. The minimum atomic E-state index is -1.14. The maximum atomic E-state index is 10.7. The number of nitrogens with zero attached hydrogens (tertiary/aromatic N) is 2. The molecular weight excluding hydrogens is 232 g/mol. The Morgan fingerprint density at radius 2 is 2.44 bits per heavy atom. The Hall–Kier alpha value is -1.75. The third kappa shape index (κ3) is 1.69. The van der Waals surface area contributed by atoms with E-state index in [0.717, 1.165) is 5.69 Å². The van der Waals surface area contributed by atoms with Crippen molar-refractivity contribution in [3.05, 3.63) is 29.3 Å². The molecule has 1 N–H and O–H groups in total. The van der Waals surface area contributed by atoms with E-state index in [1.165, 1.54) is 6.07 Å². The van der Waals surface area contributed by atoms with Crippen molar-refractivity contribution < 1.29 is 14.3 Å². The zero-order valence-corrected chi connectivity index (χ0v) is 9.23. The third-order valence-corrected chi connectivity index (χ3v) is 2.47. The summed E-state index contributed by atoms with van der Waals surface area (Å²) < 4.78 is 6.63. The SMILES string of the molecule is CCn1nccc1-c1cc(C(=O)O)oc1Cl. The van der Waals surface area contributed by atoms with Crippen molar-refractivity contribution in [1.29, 1.82) is 0 Å². The molecule has 0 aromatic carbocycles. The van der Waals surface area contributed by atoms with E-state index in [2.05, 4.69) is 5.10 Å². The number of halogens is 1. The molecule has 2 heterocycles. The first-order valence-electron chi connectivity index (χ1n) is 4.68. The van der Waals surface area contributed by atoms with Crippen LogP contribution in [0.15, 0.2) is 22.7 Å². The molecule has 0 atom stereocenters. The van der Waals surface area contributed by atoms with Crippen LogP contribution in [0.5, 0.6) is 0 Å². The van der Waals surface area contributed by atoms with Crippen LogP contribution < -0.4 is 0 Å². The molecule has 0 bridgehead atoms. The van der Waals surface area contributed by atoms with Crippen LogP contribution in [0.3, 0.4) is 0 Å². The number of aryl methyl sites for hydroxylation is 1. The number of furan rings is 1. The maximum Gasteiger partial charge on any atom is 0.371 e. The van der Waals surface area contributed by atoms with E-state index >= 15 is 0 Å². The molecule has 0 aliphatic carbocycles. The number of carbonyl (C=O) groups is 1. The molecule has 0 fully saturated rings. The number of rotatable bonds is 3. The monoisotopic (exact) mass is 240 g/mol. The van der Waals surface area contributed by atoms with Crippen molar-refractivity contribution in [1.82, 2.24) is 9.78 Å². The van der Waals surface area contributed by atoms with Gasteiger partial charge in [-0.3, -0.25) is 4.68 Å². The lowest BCUT2D eigenvalue weighted by Crippen LogP contribution is -1.98. The molecule has 2 aromatic heterocycles. The Balaban J connectivity index is 2.52. The summed E-state index contributed by atoms with van der Waals surface area (Å²) in [4.78, 5) is 10.7. The zero-order chi connectivity index (χ0) is 11.7. The van der Waals surface area contributed by atoms with E-state index in [1.807, 2.05) is 6.92 Å². The highest BCUT2D eigenvalue weighted by molar-refractivity contribution is 6.31. The van der Waals surface area contributed by atoms with Crippen molar-refractivity contribution in [2.24, 2.45) is 0 Å². The first-order valence-corrected chi connectivity index (χ1v) is 5.06. The van der Waals surface area contributed by atoms with Gasteiger partial charge in [0.15, 0.2) is 0 Å². The quantitative estimate of drug-likeness (QED) is 0.895. The Morgan fingerprint density at radius 1 is 1.69 bits per heavy atom. The molecule has 0 amide bonds. The molecule has 0 saturated heterocycles. The molecular formula is C10H9ClN2O3. The summed E-state index contributed by atoms with van der Waals surface area (Å²) in [5.41, 5.74) is 1.28. The van der Waals surface area contributed by atoms with E-state index in [4.69, 9.17) is 21.1 Å². The molecule has 0 saturated carbocycles. The van der Waals surface area contributed by atoms with Gasteiger partial charge in [-0.2, -0.15) is 5.10 Å². The van der Waals surface area contributed by atoms with Crippen LogP contribution in [0.2, 0.25) is 5.22 Å². The van der Waals surface area contributed by atoms with Gasteiger partial charge in [0.25, 0.3) is 0 Å². The smallest absolute Gasteiger partial charge is 0.371 e.